The fourth-order valence-electron chi connectivity index (χ4n) is 2.38. The zero-order valence-electron chi connectivity index (χ0n) is 13.2. The van der Waals surface area contributed by atoms with Gasteiger partial charge in [0.15, 0.2) is 10.8 Å². The number of methoxy groups -OCH3 is 1. The second-order valence-corrected chi connectivity index (χ2v) is 6.09. The van der Waals surface area contributed by atoms with Gasteiger partial charge in [-0.05, 0) is 36.4 Å². The fraction of sp³-hybridized carbons (Fsp3) is 0.0556. The van der Waals surface area contributed by atoms with Crippen LogP contribution in [0, 0.1) is 0 Å². The van der Waals surface area contributed by atoms with E-state index in [0.717, 1.165) is 10.9 Å². The van der Waals surface area contributed by atoms with Gasteiger partial charge in [0, 0.05) is 22.5 Å². The number of thiazole rings is 1. The first-order chi connectivity index (χ1) is 12.2. The molecule has 0 aliphatic rings. The van der Waals surface area contributed by atoms with Crippen molar-refractivity contribution in [2.45, 2.75) is 0 Å². The highest BCUT2D eigenvalue weighted by Gasteiger charge is 2.13. The van der Waals surface area contributed by atoms with Crippen LogP contribution in [0.4, 0.5) is 5.69 Å². The Kier molecular flexibility index (Phi) is 3.91. The highest BCUT2D eigenvalue weighted by molar-refractivity contribution is 7.13. The summed E-state index contributed by atoms with van der Waals surface area (Å²) in [5, 5.41) is 6.14. The van der Waals surface area contributed by atoms with Crippen LogP contribution in [0.1, 0.15) is 10.5 Å². The number of fused-ring (bicyclic) bond motifs is 1. The average Bonchev–Trinajstić information content (AvgIpc) is 3.32. The summed E-state index contributed by atoms with van der Waals surface area (Å²) in [5.41, 5.74) is 1.83. The Labute approximate surface area is 147 Å². The van der Waals surface area contributed by atoms with Crippen LogP contribution < -0.4 is 10.1 Å². The minimum atomic E-state index is -0.269. The molecule has 0 fully saturated rings. The molecule has 0 unspecified atom stereocenters. The van der Waals surface area contributed by atoms with Gasteiger partial charge in [0.1, 0.15) is 5.69 Å². The lowest BCUT2D eigenvalue weighted by molar-refractivity contribution is 0.102. The number of rotatable bonds is 4. The number of hydrogen-bond acceptors (Lipinski definition) is 6. The van der Waals surface area contributed by atoms with Crippen molar-refractivity contribution in [1.82, 2.24) is 9.97 Å². The Balaban J connectivity index is 1.55. The van der Waals surface area contributed by atoms with Gasteiger partial charge in [0.25, 0.3) is 5.91 Å². The number of nitrogens with zero attached hydrogens (tertiary/aromatic N) is 2. The third-order valence-electron chi connectivity index (χ3n) is 3.60. The fourth-order valence-corrected chi connectivity index (χ4v) is 3.15. The van der Waals surface area contributed by atoms with Crippen LogP contribution in [0.3, 0.4) is 0 Å². The smallest absolute Gasteiger partial charge is 0.275 e. The standard InChI is InChI=1S/C18H13N3O3S/c1-23-16-7-4-11-9-12(5-6-13(11)20-16)19-17(22)14-10-25-18(21-14)15-3-2-8-24-15/h2-10H,1H3,(H,19,22). The molecule has 7 heteroatoms. The van der Waals surface area contributed by atoms with Crippen LogP contribution in [-0.4, -0.2) is 23.0 Å². The first kappa shape index (κ1) is 15.3. The monoisotopic (exact) mass is 351 g/mol. The van der Waals surface area contributed by atoms with Crippen molar-refractivity contribution in [3.63, 3.8) is 0 Å². The first-order valence-electron chi connectivity index (χ1n) is 7.48. The van der Waals surface area contributed by atoms with Gasteiger partial charge in [-0.1, -0.05) is 0 Å². The summed E-state index contributed by atoms with van der Waals surface area (Å²) in [6.07, 6.45) is 1.58. The summed E-state index contributed by atoms with van der Waals surface area (Å²) in [6, 6.07) is 12.8. The first-order valence-corrected chi connectivity index (χ1v) is 8.36. The Morgan fingerprint density at radius 3 is 2.92 bits per heavy atom. The minimum Gasteiger partial charge on any atom is -0.481 e. The van der Waals surface area contributed by atoms with Crippen molar-refractivity contribution < 1.29 is 13.9 Å². The molecule has 4 rings (SSSR count). The van der Waals surface area contributed by atoms with Crippen molar-refractivity contribution >= 4 is 33.8 Å². The minimum absolute atomic E-state index is 0.269. The molecular weight excluding hydrogens is 338 g/mol. The molecule has 0 saturated carbocycles. The Bertz CT molecular complexity index is 1040. The molecule has 0 atom stereocenters. The van der Waals surface area contributed by atoms with E-state index in [2.05, 4.69) is 15.3 Å². The number of hydrogen-bond donors (Lipinski definition) is 1. The van der Waals surface area contributed by atoms with Gasteiger partial charge in [-0.2, -0.15) is 0 Å². The number of nitrogens with one attached hydrogen (secondary N) is 1. The molecular formula is C18H13N3O3S. The van der Waals surface area contributed by atoms with E-state index in [-0.39, 0.29) is 5.91 Å². The van der Waals surface area contributed by atoms with Gasteiger partial charge in [-0.25, -0.2) is 9.97 Å². The number of furan rings is 1. The number of carbonyl (C=O) groups is 1. The average molecular weight is 351 g/mol. The number of ether oxygens (including phenoxy) is 1. The number of anilines is 1. The van der Waals surface area contributed by atoms with Crippen molar-refractivity contribution in [1.29, 1.82) is 0 Å². The van der Waals surface area contributed by atoms with E-state index in [4.69, 9.17) is 9.15 Å². The van der Waals surface area contributed by atoms with Gasteiger partial charge in [0.2, 0.25) is 5.88 Å². The predicted molar refractivity (Wildman–Crippen MR) is 96.1 cm³/mol. The van der Waals surface area contributed by atoms with Crippen LogP contribution in [-0.2, 0) is 0 Å². The highest BCUT2D eigenvalue weighted by Crippen LogP contribution is 2.25. The van der Waals surface area contributed by atoms with Gasteiger partial charge >= 0.3 is 0 Å². The SMILES string of the molecule is COc1ccc2cc(NC(=O)c3csc(-c4ccco4)n3)ccc2n1. The quantitative estimate of drug-likeness (QED) is 0.596. The van der Waals surface area contributed by atoms with Gasteiger partial charge < -0.3 is 14.5 Å². The van der Waals surface area contributed by atoms with Gasteiger partial charge in [0.05, 0.1) is 18.9 Å². The second-order valence-electron chi connectivity index (χ2n) is 5.23. The summed E-state index contributed by atoms with van der Waals surface area (Å²) in [6.45, 7) is 0. The summed E-state index contributed by atoms with van der Waals surface area (Å²) in [5.74, 6) is 0.932. The van der Waals surface area contributed by atoms with E-state index in [1.54, 1.807) is 37.0 Å². The summed E-state index contributed by atoms with van der Waals surface area (Å²) in [7, 11) is 1.58. The third-order valence-corrected chi connectivity index (χ3v) is 4.46. The number of benzene rings is 1. The molecule has 6 nitrogen and oxygen atoms in total. The summed E-state index contributed by atoms with van der Waals surface area (Å²) in [4.78, 5) is 21.1. The molecule has 0 spiro atoms. The number of aromatic nitrogens is 2. The van der Waals surface area contributed by atoms with Crippen LogP contribution in [0.5, 0.6) is 5.88 Å². The predicted octanol–water partition coefficient (Wildman–Crippen LogP) is 4.21. The van der Waals surface area contributed by atoms with Crippen LogP contribution in [0.15, 0.2) is 58.5 Å². The van der Waals surface area contributed by atoms with Crippen molar-refractivity contribution in [3.8, 4) is 16.6 Å². The van der Waals surface area contributed by atoms with Crippen LogP contribution >= 0.6 is 11.3 Å². The highest BCUT2D eigenvalue weighted by atomic mass is 32.1. The molecule has 0 radical (unpaired) electrons. The third kappa shape index (κ3) is 3.09. The topological polar surface area (TPSA) is 77.2 Å². The molecule has 25 heavy (non-hydrogen) atoms. The summed E-state index contributed by atoms with van der Waals surface area (Å²) >= 11 is 1.36. The molecule has 0 aliphatic heterocycles. The van der Waals surface area contributed by atoms with E-state index in [9.17, 15) is 4.79 Å². The van der Waals surface area contributed by atoms with E-state index >= 15 is 0 Å². The number of pyridine rings is 1. The van der Waals surface area contributed by atoms with Crippen LogP contribution in [0.2, 0.25) is 0 Å². The molecule has 124 valence electrons. The Morgan fingerprint density at radius 2 is 2.12 bits per heavy atom. The molecule has 0 saturated heterocycles. The molecule has 1 aromatic carbocycles. The van der Waals surface area contributed by atoms with E-state index < -0.39 is 0 Å². The Morgan fingerprint density at radius 1 is 1.20 bits per heavy atom. The number of carbonyl (C=O) groups excluding carboxylic acids is 1. The van der Waals surface area contributed by atoms with E-state index in [0.29, 0.717) is 28.0 Å². The maximum atomic E-state index is 12.4. The van der Waals surface area contributed by atoms with E-state index in [1.807, 2.05) is 24.3 Å². The Hall–Kier alpha value is -3.19. The van der Waals surface area contributed by atoms with Crippen molar-refractivity contribution in [2.75, 3.05) is 12.4 Å². The van der Waals surface area contributed by atoms with Gasteiger partial charge in [-0.15, -0.1) is 11.3 Å². The lowest BCUT2D eigenvalue weighted by Crippen LogP contribution is -2.12. The zero-order chi connectivity index (χ0) is 17.2. The van der Waals surface area contributed by atoms with Crippen LogP contribution in [0.25, 0.3) is 21.7 Å². The maximum absolute atomic E-state index is 12.4. The molecule has 3 aromatic heterocycles. The molecule has 1 N–H and O–H groups in total. The normalized spacial score (nSPS) is 10.8. The maximum Gasteiger partial charge on any atom is 0.275 e. The molecule has 4 aromatic rings. The lowest BCUT2D eigenvalue weighted by atomic mass is 10.2. The molecule has 3 heterocycles. The molecule has 1 amide bonds. The van der Waals surface area contributed by atoms with Gasteiger partial charge in [-0.3, -0.25) is 4.79 Å². The molecule has 0 aliphatic carbocycles. The second kappa shape index (κ2) is 6.37. The van der Waals surface area contributed by atoms with Crippen molar-refractivity contribution in [2.24, 2.45) is 0 Å². The summed E-state index contributed by atoms with van der Waals surface area (Å²) < 4.78 is 10.4. The zero-order valence-corrected chi connectivity index (χ0v) is 14.0. The van der Waals surface area contributed by atoms with Crippen molar-refractivity contribution in [3.05, 3.63) is 59.8 Å². The lowest BCUT2D eigenvalue weighted by Gasteiger charge is -2.06. The number of amides is 1. The van der Waals surface area contributed by atoms with E-state index in [1.165, 1.54) is 11.3 Å². The molecule has 0 bridgehead atoms. The largest absolute Gasteiger partial charge is 0.481 e.